The topological polar surface area (TPSA) is 21.3 Å². The van der Waals surface area contributed by atoms with Gasteiger partial charge in [0, 0.05) is 6.54 Å². The Morgan fingerprint density at radius 1 is 1.35 bits per heavy atom. The van der Waals surface area contributed by atoms with Crippen LogP contribution in [0.2, 0.25) is 5.02 Å². The van der Waals surface area contributed by atoms with E-state index < -0.39 is 11.7 Å². The van der Waals surface area contributed by atoms with Gasteiger partial charge in [0.25, 0.3) is 0 Å². The summed E-state index contributed by atoms with van der Waals surface area (Å²) in [6.07, 6.45) is -4.43. The summed E-state index contributed by atoms with van der Waals surface area (Å²) >= 11 is 5.55. The third-order valence-corrected chi connectivity index (χ3v) is 2.95. The van der Waals surface area contributed by atoms with Gasteiger partial charge in [-0.05, 0) is 17.7 Å². The van der Waals surface area contributed by atoms with Crippen molar-refractivity contribution in [1.29, 1.82) is 0 Å². The van der Waals surface area contributed by atoms with E-state index in [-0.39, 0.29) is 11.1 Å². The molecule has 1 aliphatic rings. The molecule has 6 heteroatoms. The second-order valence-electron chi connectivity index (χ2n) is 3.82. The van der Waals surface area contributed by atoms with Gasteiger partial charge in [-0.2, -0.15) is 13.2 Å². The van der Waals surface area contributed by atoms with Crippen molar-refractivity contribution in [2.75, 3.05) is 19.8 Å². The van der Waals surface area contributed by atoms with Crippen LogP contribution in [0.1, 0.15) is 17.2 Å². The highest BCUT2D eigenvalue weighted by molar-refractivity contribution is 6.31. The maximum atomic E-state index is 12.7. The Kier molecular flexibility index (Phi) is 3.61. The first-order chi connectivity index (χ1) is 7.98. The largest absolute Gasteiger partial charge is 0.417 e. The molecule has 1 fully saturated rings. The Labute approximate surface area is 102 Å². The maximum absolute atomic E-state index is 12.7. The van der Waals surface area contributed by atoms with Crippen molar-refractivity contribution in [3.8, 4) is 0 Å². The van der Waals surface area contributed by atoms with Gasteiger partial charge in [0.15, 0.2) is 0 Å². The number of halogens is 4. The first-order valence-electron chi connectivity index (χ1n) is 5.16. The van der Waals surface area contributed by atoms with Crippen LogP contribution in [0, 0.1) is 0 Å². The van der Waals surface area contributed by atoms with E-state index in [2.05, 4.69) is 5.32 Å². The minimum absolute atomic E-state index is 0.206. The molecule has 1 N–H and O–H groups in total. The molecule has 0 aliphatic carbocycles. The Morgan fingerprint density at radius 3 is 2.71 bits per heavy atom. The second-order valence-corrected chi connectivity index (χ2v) is 4.23. The van der Waals surface area contributed by atoms with Crippen molar-refractivity contribution in [2.45, 2.75) is 12.2 Å². The molecule has 2 nitrogen and oxygen atoms in total. The standard InChI is InChI=1S/C11H11ClF3NO/c12-9-2-1-7(5-8(9)11(13,14)15)10-6-17-4-3-16-10/h1-2,5,10,16H,3-4,6H2/t10-/m1/s1. The first kappa shape index (κ1) is 12.7. The van der Waals surface area contributed by atoms with Crippen LogP contribution in [-0.4, -0.2) is 19.8 Å². The number of rotatable bonds is 1. The summed E-state index contributed by atoms with van der Waals surface area (Å²) < 4.78 is 43.2. The van der Waals surface area contributed by atoms with Crippen molar-refractivity contribution < 1.29 is 17.9 Å². The predicted molar refractivity (Wildman–Crippen MR) is 58.0 cm³/mol. The molecule has 1 heterocycles. The fourth-order valence-corrected chi connectivity index (χ4v) is 1.98. The summed E-state index contributed by atoms with van der Waals surface area (Å²) in [7, 11) is 0. The molecule has 0 amide bonds. The minimum atomic E-state index is -4.43. The van der Waals surface area contributed by atoms with E-state index in [4.69, 9.17) is 16.3 Å². The fraction of sp³-hybridized carbons (Fsp3) is 0.455. The van der Waals surface area contributed by atoms with E-state index >= 15 is 0 Å². The molecule has 0 bridgehead atoms. The van der Waals surface area contributed by atoms with Gasteiger partial charge in [0.2, 0.25) is 0 Å². The Hall–Kier alpha value is -0.780. The number of hydrogen-bond acceptors (Lipinski definition) is 2. The van der Waals surface area contributed by atoms with Crippen molar-refractivity contribution in [3.63, 3.8) is 0 Å². The van der Waals surface area contributed by atoms with Crippen LogP contribution in [0.25, 0.3) is 0 Å². The predicted octanol–water partition coefficient (Wildman–Crippen LogP) is 3.02. The number of nitrogens with one attached hydrogen (secondary N) is 1. The lowest BCUT2D eigenvalue weighted by molar-refractivity contribution is -0.137. The van der Waals surface area contributed by atoms with Crippen molar-refractivity contribution >= 4 is 11.6 Å². The van der Waals surface area contributed by atoms with Gasteiger partial charge in [-0.1, -0.05) is 17.7 Å². The van der Waals surface area contributed by atoms with Crippen LogP contribution in [0.4, 0.5) is 13.2 Å². The highest BCUT2D eigenvalue weighted by Crippen LogP contribution is 2.36. The minimum Gasteiger partial charge on any atom is -0.378 e. The number of morpholine rings is 1. The number of hydrogen-bond donors (Lipinski definition) is 1. The van der Waals surface area contributed by atoms with Gasteiger partial charge in [-0.3, -0.25) is 0 Å². The third-order valence-electron chi connectivity index (χ3n) is 2.62. The van der Waals surface area contributed by atoms with Gasteiger partial charge in [-0.15, -0.1) is 0 Å². The maximum Gasteiger partial charge on any atom is 0.417 e. The summed E-state index contributed by atoms with van der Waals surface area (Å²) in [6, 6.07) is 3.73. The smallest absolute Gasteiger partial charge is 0.378 e. The number of ether oxygens (including phenoxy) is 1. The van der Waals surface area contributed by atoms with Gasteiger partial charge in [0.05, 0.1) is 29.8 Å². The molecule has 1 saturated heterocycles. The molecular weight excluding hydrogens is 255 g/mol. The summed E-state index contributed by atoms with van der Waals surface area (Å²) in [4.78, 5) is 0. The highest BCUT2D eigenvalue weighted by atomic mass is 35.5. The number of alkyl halides is 3. The number of benzene rings is 1. The van der Waals surface area contributed by atoms with Crippen LogP contribution in [0.15, 0.2) is 18.2 Å². The average Bonchev–Trinajstić information content (AvgIpc) is 2.29. The SMILES string of the molecule is FC(F)(F)c1cc([C@H]2COCCN2)ccc1Cl. The summed E-state index contributed by atoms with van der Waals surface area (Å²) in [5.74, 6) is 0. The second kappa shape index (κ2) is 4.84. The van der Waals surface area contributed by atoms with Crippen LogP contribution in [-0.2, 0) is 10.9 Å². The van der Waals surface area contributed by atoms with Gasteiger partial charge < -0.3 is 10.1 Å². The van der Waals surface area contributed by atoms with Crippen LogP contribution in [0.3, 0.4) is 0 Å². The molecule has 17 heavy (non-hydrogen) atoms. The molecule has 0 aromatic heterocycles. The Bertz CT molecular complexity index is 402. The average molecular weight is 266 g/mol. The summed E-state index contributed by atoms with van der Waals surface area (Å²) in [6.45, 7) is 1.59. The van der Waals surface area contributed by atoms with Gasteiger partial charge in [0.1, 0.15) is 0 Å². The van der Waals surface area contributed by atoms with E-state index in [1.165, 1.54) is 6.07 Å². The zero-order valence-electron chi connectivity index (χ0n) is 8.85. The summed E-state index contributed by atoms with van der Waals surface area (Å²) in [5.41, 5.74) is -0.259. The third kappa shape index (κ3) is 2.91. The monoisotopic (exact) mass is 265 g/mol. The molecule has 1 aromatic carbocycles. The van der Waals surface area contributed by atoms with Gasteiger partial charge >= 0.3 is 6.18 Å². The molecule has 0 radical (unpaired) electrons. The molecule has 1 atom stereocenters. The van der Waals surface area contributed by atoms with E-state index in [0.717, 1.165) is 6.07 Å². The lowest BCUT2D eigenvalue weighted by Crippen LogP contribution is -2.34. The molecule has 1 aromatic rings. The Morgan fingerprint density at radius 2 is 2.12 bits per heavy atom. The van der Waals surface area contributed by atoms with E-state index in [0.29, 0.717) is 25.3 Å². The van der Waals surface area contributed by atoms with Gasteiger partial charge in [-0.25, -0.2) is 0 Å². The molecule has 0 unspecified atom stereocenters. The highest BCUT2D eigenvalue weighted by Gasteiger charge is 2.34. The van der Waals surface area contributed by atoms with Crippen LogP contribution >= 0.6 is 11.6 Å². The molecule has 94 valence electrons. The zero-order valence-corrected chi connectivity index (χ0v) is 9.61. The quantitative estimate of drug-likeness (QED) is 0.843. The first-order valence-corrected chi connectivity index (χ1v) is 5.54. The van der Waals surface area contributed by atoms with Crippen molar-refractivity contribution in [2.24, 2.45) is 0 Å². The lowest BCUT2D eigenvalue weighted by Gasteiger charge is -2.25. The van der Waals surface area contributed by atoms with E-state index in [9.17, 15) is 13.2 Å². The van der Waals surface area contributed by atoms with E-state index in [1.54, 1.807) is 6.07 Å². The normalized spacial score (nSPS) is 21.5. The molecular formula is C11H11ClF3NO. The molecule has 2 rings (SSSR count). The lowest BCUT2D eigenvalue weighted by atomic mass is 10.0. The zero-order chi connectivity index (χ0) is 12.5. The fourth-order valence-electron chi connectivity index (χ4n) is 1.76. The summed E-state index contributed by atoms with van der Waals surface area (Å²) in [5, 5.41) is 2.82. The van der Waals surface area contributed by atoms with E-state index in [1.807, 2.05) is 0 Å². The van der Waals surface area contributed by atoms with Crippen molar-refractivity contribution in [1.82, 2.24) is 5.32 Å². The van der Waals surface area contributed by atoms with Crippen LogP contribution in [0.5, 0.6) is 0 Å². The molecule has 0 spiro atoms. The molecule has 0 saturated carbocycles. The van der Waals surface area contributed by atoms with Crippen LogP contribution < -0.4 is 5.32 Å². The molecule has 1 aliphatic heterocycles. The Balaban J connectivity index is 2.30. The van der Waals surface area contributed by atoms with Crippen molar-refractivity contribution in [3.05, 3.63) is 34.3 Å².